The Hall–Kier alpha value is -2.40. The van der Waals surface area contributed by atoms with Crippen molar-refractivity contribution < 1.29 is 9.53 Å². The lowest BCUT2D eigenvalue weighted by atomic mass is 10.1. The highest BCUT2D eigenvalue weighted by atomic mass is 16.5. The first kappa shape index (κ1) is 16.0. The molecule has 22 heavy (non-hydrogen) atoms. The van der Waals surface area contributed by atoms with Gasteiger partial charge in [0.25, 0.3) is 5.91 Å². The van der Waals surface area contributed by atoms with Crippen molar-refractivity contribution in [1.29, 1.82) is 0 Å². The Morgan fingerprint density at radius 2 is 1.91 bits per heavy atom. The minimum atomic E-state index is -0.198. The molecule has 1 amide bonds. The first-order valence-electron chi connectivity index (χ1n) is 7.18. The van der Waals surface area contributed by atoms with Crippen molar-refractivity contribution in [3.05, 3.63) is 53.3 Å². The van der Waals surface area contributed by atoms with E-state index >= 15 is 0 Å². The molecule has 0 aliphatic heterocycles. The van der Waals surface area contributed by atoms with Gasteiger partial charge in [0.05, 0.1) is 18.5 Å². The van der Waals surface area contributed by atoms with Gasteiger partial charge in [0.15, 0.2) is 0 Å². The van der Waals surface area contributed by atoms with Crippen LogP contribution in [0.15, 0.2) is 36.5 Å². The van der Waals surface area contributed by atoms with E-state index in [-0.39, 0.29) is 5.91 Å². The molecule has 0 aliphatic rings. The molecule has 0 bridgehead atoms. The van der Waals surface area contributed by atoms with Crippen LogP contribution in [0.1, 0.15) is 21.6 Å². The normalized spacial score (nSPS) is 10.3. The molecule has 116 valence electrons. The van der Waals surface area contributed by atoms with E-state index in [0.29, 0.717) is 18.8 Å². The topological polar surface area (TPSA) is 63.2 Å². The predicted octanol–water partition coefficient (Wildman–Crippen LogP) is 2.82. The van der Waals surface area contributed by atoms with Crippen LogP contribution in [-0.4, -0.2) is 31.2 Å². The number of hydrogen-bond donors (Lipinski definition) is 2. The molecular weight excluding hydrogens is 278 g/mol. The standard InChI is InChI=1S/C17H21N3O2/c1-12-5-4-6-13(2)16(12)20-14-7-8-15(19-11-14)17(21)18-9-10-22-3/h4-8,11,20H,9-10H2,1-3H3,(H,18,21). The van der Waals surface area contributed by atoms with Crippen molar-refractivity contribution >= 4 is 17.3 Å². The van der Waals surface area contributed by atoms with Gasteiger partial charge >= 0.3 is 0 Å². The molecule has 0 aliphatic carbocycles. The van der Waals surface area contributed by atoms with Crippen molar-refractivity contribution in [2.75, 3.05) is 25.6 Å². The molecule has 0 saturated carbocycles. The zero-order valence-electron chi connectivity index (χ0n) is 13.1. The summed E-state index contributed by atoms with van der Waals surface area (Å²) in [6.07, 6.45) is 1.66. The number of aryl methyl sites for hydroxylation is 2. The Labute approximate surface area is 130 Å². The molecule has 5 heteroatoms. The Kier molecular flexibility index (Phi) is 5.49. The third-order valence-corrected chi connectivity index (χ3v) is 3.34. The van der Waals surface area contributed by atoms with Crippen molar-refractivity contribution in [3.8, 4) is 0 Å². The fraction of sp³-hybridized carbons (Fsp3) is 0.294. The van der Waals surface area contributed by atoms with Gasteiger partial charge in [-0.25, -0.2) is 4.98 Å². The molecule has 0 radical (unpaired) electrons. The molecule has 2 rings (SSSR count). The first-order chi connectivity index (χ1) is 10.6. The van der Waals surface area contributed by atoms with E-state index in [0.717, 1.165) is 11.4 Å². The number of anilines is 2. The largest absolute Gasteiger partial charge is 0.383 e. The fourth-order valence-corrected chi connectivity index (χ4v) is 2.12. The summed E-state index contributed by atoms with van der Waals surface area (Å²) in [5.74, 6) is -0.198. The average Bonchev–Trinajstić information content (AvgIpc) is 2.52. The molecular formula is C17H21N3O2. The fourth-order valence-electron chi connectivity index (χ4n) is 2.12. The molecule has 1 aromatic carbocycles. The van der Waals surface area contributed by atoms with E-state index in [1.54, 1.807) is 19.4 Å². The van der Waals surface area contributed by atoms with Crippen molar-refractivity contribution in [2.24, 2.45) is 0 Å². The molecule has 1 aromatic heterocycles. The number of ether oxygens (including phenoxy) is 1. The van der Waals surface area contributed by atoms with Crippen LogP contribution in [0.5, 0.6) is 0 Å². The number of carbonyl (C=O) groups is 1. The van der Waals surface area contributed by atoms with E-state index in [1.807, 2.05) is 12.1 Å². The van der Waals surface area contributed by atoms with Gasteiger partial charge in [-0.3, -0.25) is 4.79 Å². The summed E-state index contributed by atoms with van der Waals surface area (Å²) >= 11 is 0. The monoisotopic (exact) mass is 299 g/mol. The average molecular weight is 299 g/mol. The van der Waals surface area contributed by atoms with Gasteiger partial charge < -0.3 is 15.4 Å². The number of nitrogens with one attached hydrogen (secondary N) is 2. The smallest absolute Gasteiger partial charge is 0.269 e. The predicted molar refractivity (Wildman–Crippen MR) is 87.6 cm³/mol. The lowest BCUT2D eigenvalue weighted by molar-refractivity contribution is 0.0932. The Morgan fingerprint density at radius 1 is 1.18 bits per heavy atom. The number of amides is 1. The number of carbonyl (C=O) groups excluding carboxylic acids is 1. The SMILES string of the molecule is COCCNC(=O)c1ccc(Nc2c(C)cccc2C)cn1. The molecule has 5 nitrogen and oxygen atoms in total. The van der Waals surface area contributed by atoms with Crippen LogP contribution >= 0.6 is 0 Å². The van der Waals surface area contributed by atoms with Gasteiger partial charge in [0.1, 0.15) is 5.69 Å². The number of aromatic nitrogens is 1. The van der Waals surface area contributed by atoms with Crippen LogP contribution in [0.2, 0.25) is 0 Å². The molecule has 2 N–H and O–H groups in total. The number of rotatable bonds is 6. The zero-order chi connectivity index (χ0) is 15.9. The third-order valence-electron chi connectivity index (χ3n) is 3.34. The van der Waals surface area contributed by atoms with Crippen LogP contribution < -0.4 is 10.6 Å². The van der Waals surface area contributed by atoms with E-state index in [1.165, 1.54) is 11.1 Å². The number of benzene rings is 1. The molecule has 0 fully saturated rings. The van der Waals surface area contributed by atoms with Crippen LogP contribution in [-0.2, 0) is 4.74 Å². The van der Waals surface area contributed by atoms with E-state index < -0.39 is 0 Å². The summed E-state index contributed by atoms with van der Waals surface area (Å²) in [5.41, 5.74) is 4.65. The van der Waals surface area contributed by atoms with Crippen molar-refractivity contribution in [1.82, 2.24) is 10.3 Å². The molecule has 0 saturated heterocycles. The Morgan fingerprint density at radius 3 is 2.50 bits per heavy atom. The van der Waals surface area contributed by atoms with Gasteiger partial charge in [-0.15, -0.1) is 0 Å². The summed E-state index contributed by atoms with van der Waals surface area (Å²) in [6.45, 7) is 5.07. The van der Waals surface area contributed by atoms with E-state index in [4.69, 9.17) is 4.74 Å². The lowest BCUT2D eigenvalue weighted by Crippen LogP contribution is -2.27. The van der Waals surface area contributed by atoms with Crippen molar-refractivity contribution in [3.63, 3.8) is 0 Å². The molecule has 1 heterocycles. The second-order valence-electron chi connectivity index (χ2n) is 5.07. The van der Waals surface area contributed by atoms with Gasteiger partial charge in [-0.05, 0) is 37.1 Å². The summed E-state index contributed by atoms with van der Waals surface area (Å²) < 4.78 is 4.89. The summed E-state index contributed by atoms with van der Waals surface area (Å²) in [5, 5.41) is 6.09. The quantitative estimate of drug-likeness (QED) is 0.805. The molecule has 0 atom stereocenters. The summed E-state index contributed by atoms with van der Waals surface area (Å²) in [7, 11) is 1.60. The minimum absolute atomic E-state index is 0.198. The highest BCUT2D eigenvalue weighted by Crippen LogP contribution is 2.23. The minimum Gasteiger partial charge on any atom is -0.383 e. The van der Waals surface area contributed by atoms with Crippen LogP contribution in [0.3, 0.4) is 0 Å². The second kappa shape index (κ2) is 7.56. The zero-order valence-corrected chi connectivity index (χ0v) is 13.1. The van der Waals surface area contributed by atoms with Gasteiger partial charge in [0, 0.05) is 19.3 Å². The molecule has 2 aromatic rings. The Balaban J connectivity index is 2.04. The van der Waals surface area contributed by atoms with Crippen molar-refractivity contribution in [2.45, 2.75) is 13.8 Å². The number of methoxy groups -OCH3 is 1. The number of para-hydroxylation sites is 1. The number of hydrogen-bond acceptors (Lipinski definition) is 4. The van der Waals surface area contributed by atoms with Gasteiger partial charge in [-0.2, -0.15) is 0 Å². The third kappa shape index (κ3) is 4.05. The van der Waals surface area contributed by atoms with Gasteiger partial charge in [0.2, 0.25) is 0 Å². The summed E-state index contributed by atoms with van der Waals surface area (Å²) in [4.78, 5) is 16.0. The van der Waals surface area contributed by atoms with Crippen LogP contribution in [0.25, 0.3) is 0 Å². The highest BCUT2D eigenvalue weighted by molar-refractivity contribution is 5.92. The first-order valence-corrected chi connectivity index (χ1v) is 7.18. The van der Waals surface area contributed by atoms with E-state index in [9.17, 15) is 4.79 Å². The molecule has 0 spiro atoms. The van der Waals surface area contributed by atoms with Gasteiger partial charge in [-0.1, -0.05) is 18.2 Å². The maximum Gasteiger partial charge on any atom is 0.269 e. The summed E-state index contributed by atoms with van der Waals surface area (Å²) in [6, 6.07) is 9.70. The lowest BCUT2D eigenvalue weighted by Gasteiger charge is -2.12. The Bertz CT molecular complexity index is 619. The number of nitrogens with zero attached hydrogens (tertiary/aromatic N) is 1. The number of pyridine rings is 1. The van der Waals surface area contributed by atoms with Crippen LogP contribution in [0, 0.1) is 13.8 Å². The maximum absolute atomic E-state index is 11.8. The van der Waals surface area contributed by atoms with E-state index in [2.05, 4.69) is 41.6 Å². The van der Waals surface area contributed by atoms with Crippen LogP contribution in [0.4, 0.5) is 11.4 Å². The molecule has 0 unspecified atom stereocenters. The highest BCUT2D eigenvalue weighted by Gasteiger charge is 2.07. The maximum atomic E-state index is 11.8. The second-order valence-corrected chi connectivity index (χ2v) is 5.07.